The van der Waals surface area contributed by atoms with E-state index >= 15 is 0 Å². The van der Waals surface area contributed by atoms with Crippen molar-refractivity contribution in [3.05, 3.63) is 0 Å². The summed E-state index contributed by atoms with van der Waals surface area (Å²) in [7, 11) is 0. The number of nitrogens with zero attached hydrogens (tertiary/aromatic N) is 1. The molecule has 19 heavy (non-hydrogen) atoms. The van der Waals surface area contributed by atoms with Gasteiger partial charge in [0.25, 0.3) is 0 Å². The van der Waals surface area contributed by atoms with Gasteiger partial charge in [-0.15, -0.1) is 0 Å². The van der Waals surface area contributed by atoms with Gasteiger partial charge in [0.05, 0.1) is 0 Å². The second kappa shape index (κ2) is 3.97. The van der Waals surface area contributed by atoms with Crippen molar-refractivity contribution in [1.29, 1.82) is 0 Å². The number of rotatable bonds is 3. The molecule has 0 radical (unpaired) electrons. The maximum Gasteiger partial charge on any atom is 0.323 e. The summed E-state index contributed by atoms with van der Waals surface area (Å²) in [6.45, 7) is 5.58. The predicted molar refractivity (Wildman–Crippen MR) is 70.4 cm³/mol. The van der Waals surface area contributed by atoms with Crippen LogP contribution in [0.2, 0.25) is 0 Å². The average Bonchev–Trinajstić information content (AvgIpc) is 2.72. The largest absolute Gasteiger partial charge is 0.480 e. The van der Waals surface area contributed by atoms with Gasteiger partial charge in [0.2, 0.25) is 5.91 Å². The van der Waals surface area contributed by atoms with Crippen molar-refractivity contribution < 1.29 is 14.7 Å². The molecule has 4 unspecified atom stereocenters. The average molecular weight is 265 g/mol. The lowest BCUT2D eigenvalue weighted by molar-refractivity contribution is -0.149. The van der Waals surface area contributed by atoms with Crippen LogP contribution in [0.3, 0.4) is 0 Å². The van der Waals surface area contributed by atoms with Gasteiger partial charge >= 0.3 is 5.97 Å². The Bertz CT molecular complexity index is 410. The first kappa shape index (κ1) is 12.9. The fraction of sp³-hybridized carbons (Fsp3) is 0.867. The van der Waals surface area contributed by atoms with Gasteiger partial charge in [-0.1, -0.05) is 0 Å². The van der Waals surface area contributed by atoms with E-state index in [0.29, 0.717) is 11.8 Å². The summed E-state index contributed by atoms with van der Waals surface area (Å²) in [5.41, 5.74) is -0.411. The minimum Gasteiger partial charge on any atom is -0.480 e. The topological polar surface area (TPSA) is 57.6 Å². The summed E-state index contributed by atoms with van der Waals surface area (Å²) in [6.07, 6.45) is 3.88. The Labute approximate surface area is 114 Å². The molecule has 0 heterocycles. The first-order valence-corrected chi connectivity index (χ1v) is 7.34. The van der Waals surface area contributed by atoms with Crippen LogP contribution in [0.5, 0.6) is 0 Å². The molecule has 3 fully saturated rings. The minimum atomic E-state index is -0.919. The van der Waals surface area contributed by atoms with Crippen molar-refractivity contribution in [1.82, 2.24) is 4.90 Å². The summed E-state index contributed by atoms with van der Waals surface area (Å²) in [6, 6.07) is 0. The van der Waals surface area contributed by atoms with Crippen molar-refractivity contribution in [2.24, 2.45) is 29.6 Å². The van der Waals surface area contributed by atoms with Gasteiger partial charge < -0.3 is 10.0 Å². The van der Waals surface area contributed by atoms with Gasteiger partial charge in [0.1, 0.15) is 6.54 Å². The highest BCUT2D eigenvalue weighted by atomic mass is 16.4. The maximum absolute atomic E-state index is 12.7. The number of hydrogen-bond acceptors (Lipinski definition) is 2. The molecule has 3 rings (SSSR count). The molecular formula is C15H23NO3. The molecule has 4 atom stereocenters. The number of carboxylic acid groups (broad SMARTS) is 1. The lowest BCUT2D eigenvalue weighted by Crippen LogP contribution is -2.49. The zero-order chi connectivity index (χ0) is 13.9. The van der Waals surface area contributed by atoms with Gasteiger partial charge in [0.15, 0.2) is 0 Å². The Morgan fingerprint density at radius 3 is 2.11 bits per heavy atom. The standard InChI is InChI=1S/C15H23NO3/c1-15(2,3)16(7-10(17)18)14(19)13-11-8-4-5-9(6-8)12(11)13/h8-9,11-13H,4-7H2,1-3H3,(H,17,18). The molecule has 4 nitrogen and oxygen atoms in total. The van der Waals surface area contributed by atoms with Crippen molar-refractivity contribution in [2.45, 2.75) is 45.6 Å². The third kappa shape index (κ3) is 1.96. The van der Waals surface area contributed by atoms with Crippen LogP contribution in [-0.4, -0.2) is 34.0 Å². The van der Waals surface area contributed by atoms with Gasteiger partial charge in [0, 0.05) is 11.5 Å². The molecule has 0 spiro atoms. The van der Waals surface area contributed by atoms with Gasteiger partial charge in [-0.3, -0.25) is 9.59 Å². The molecule has 106 valence electrons. The van der Waals surface area contributed by atoms with Crippen molar-refractivity contribution >= 4 is 11.9 Å². The molecule has 2 bridgehead atoms. The highest BCUT2D eigenvalue weighted by molar-refractivity contribution is 5.86. The Hall–Kier alpha value is -1.06. The summed E-state index contributed by atoms with van der Waals surface area (Å²) >= 11 is 0. The van der Waals surface area contributed by atoms with E-state index in [0.717, 1.165) is 11.8 Å². The molecular weight excluding hydrogens is 242 g/mol. The van der Waals surface area contributed by atoms with Crippen molar-refractivity contribution in [3.8, 4) is 0 Å². The van der Waals surface area contributed by atoms with E-state index in [2.05, 4.69) is 0 Å². The van der Waals surface area contributed by atoms with Gasteiger partial charge in [-0.25, -0.2) is 0 Å². The molecule has 4 heteroatoms. The third-order valence-electron chi connectivity index (χ3n) is 5.39. The van der Waals surface area contributed by atoms with E-state index in [9.17, 15) is 9.59 Å². The van der Waals surface area contributed by atoms with E-state index in [-0.39, 0.29) is 18.4 Å². The number of carbonyl (C=O) groups excluding carboxylic acids is 1. The highest BCUT2D eigenvalue weighted by Crippen LogP contribution is 2.69. The first-order chi connectivity index (χ1) is 8.80. The Kier molecular flexibility index (Phi) is 2.70. The predicted octanol–water partition coefficient (Wildman–Crippen LogP) is 1.99. The zero-order valence-electron chi connectivity index (χ0n) is 11.9. The second-order valence-corrected chi connectivity index (χ2v) is 7.50. The number of carboxylic acids is 1. The lowest BCUT2D eigenvalue weighted by atomic mass is 9.99. The molecule has 3 aliphatic carbocycles. The Morgan fingerprint density at radius 1 is 1.16 bits per heavy atom. The van der Waals surface area contributed by atoms with Crippen LogP contribution in [0.4, 0.5) is 0 Å². The maximum atomic E-state index is 12.7. The van der Waals surface area contributed by atoms with Crippen LogP contribution in [0.15, 0.2) is 0 Å². The van der Waals surface area contributed by atoms with Crippen LogP contribution in [-0.2, 0) is 9.59 Å². The lowest BCUT2D eigenvalue weighted by Gasteiger charge is -2.35. The van der Waals surface area contributed by atoms with E-state index in [1.807, 2.05) is 20.8 Å². The molecule has 0 aliphatic heterocycles. The molecule has 0 aromatic rings. The zero-order valence-corrected chi connectivity index (χ0v) is 11.9. The Balaban J connectivity index is 1.74. The first-order valence-electron chi connectivity index (χ1n) is 7.34. The molecule has 0 aromatic carbocycles. The second-order valence-electron chi connectivity index (χ2n) is 7.50. The fourth-order valence-electron chi connectivity index (χ4n) is 4.62. The third-order valence-corrected chi connectivity index (χ3v) is 5.39. The number of fused-ring (bicyclic) bond motifs is 5. The van der Waals surface area contributed by atoms with Gasteiger partial charge in [-0.05, 0) is 63.7 Å². The van der Waals surface area contributed by atoms with E-state index < -0.39 is 11.5 Å². The van der Waals surface area contributed by atoms with Crippen molar-refractivity contribution in [3.63, 3.8) is 0 Å². The fourth-order valence-corrected chi connectivity index (χ4v) is 4.62. The monoisotopic (exact) mass is 265 g/mol. The summed E-state index contributed by atoms with van der Waals surface area (Å²) in [4.78, 5) is 25.2. The highest BCUT2D eigenvalue weighted by Gasteiger charge is 2.68. The number of hydrogen-bond donors (Lipinski definition) is 1. The normalized spacial score (nSPS) is 39.0. The van der Waals surface area contributed by atoms with Crippen LogP contribution < -0.4 is 0 Å². The molecule has 0 saturated heterocycles. The molecule has 0 aromatic heterocycles. The van der Waals surface area contributed by atoms with Crippen LogP contribution in [0.1, 0.15) is 40.0 Å². The SMILES string of the molecule is CC(C)(C)N(CC(=O)O)C(=O)C1C2C3CCC(C3)C12. The number of carbonyl (C=O) groups is 2. The smallest absolute Gasteiger partial charge is 0.323 e. The number of amides is 1. The summed E-state index contributed by atoms with van der Waals surface area (Å²) < 4.78 is 0. The molecule has 3 saturated carbocycles. The molecule has 3 aliphatic rings. The van der Waals surface area contributed by atoms with Crippen molar-refractivity contribution in [2.75, 3.05) is 6.54 Å². The quantitative estimate of drug-likeness (QED) is 0.849. The van der Waals surface area contributed by atoms with Crippen LogP contribution in [0, 0.1) is 29.6 Å². The van der Waals surface area contributed by atoms with E-state index in [4.69, 9.17) is 5.11 Å². The summed E-state index contributed by atoms with van der Waals surface area (Å²) in [5.74, 6) is 1.93. The summed E-state index contributed by atoms with van der Waals surface area (Å²) in [5, 5.41) is 9.02. The number of aliphatic carboxylic acids is 1. The Morgan fingerprint density at radius 2 is 1.68 bits per heavy atom. The molecule has 1 amide bonds. The van der Waals surface area contributed by atoms with E-state index in [1.165, 1.54) is 19.3 Å². The van der Waals surface area contributed by atoms with Gasteiger partial charge in [-0.2, -0.15) is 0 Å². The van der Waals surface area contributed by atoms with Crippen LogP contribution >= 0.6 is 0 Å². The van der Waals surface area contributed by atoms with E-state index in [1.54, 1.807) is 4.90 Å². The van der Waals surface area contributed by atoms with Crippen LogP contribution in [0.25, 0.3) is 0 Å². The molecule has 1 N–H and O–H groups in total. The minimum absolute atomic E-state index is 0.0847.